The first-order valence-corrected chi connectivity index (χ1v) is 19.4. The van der Waals surface area contributed by atoms with Crippen LogP contribution in [0.5, 0.6) is 11.5 Å². The number of unbranched alkanes of at least 4 members (excludes halogenated alkanes) is 2. The van der Waals surface area contributed by atoms with Crippen LogP contribution in [0.3, 0.4) is 0 Å². The van der Waals surface area contributed by atoms with Crippen molar-refractivity contribution >= 4 is 44.8 Å². The van der Waals surface area contributed by atoms with Crippen molar-refractivity contribution in [2.75, 3.05) is 26.4 Å². The molecule has 1 unspecified atom stereocenters. The molecule has 0 fully saturated rings. The Bertz CT molecular complexity index is 1920. The van der Waals surface area contributed by atoms with Crippen LogP contribution in [0.15, 0.2) is 118 Å². The molecule has 286 valence electrons. The minimum absolute atomic E-state index is 0.0495. The highest BCUT2D eigenvalue weighted by atomic mass is 32.2. The lowest BCUT2D eigenvalue weighted by Crippen LogP contribution is -2.35. The molecule has 54 heavy (non-hydrogen) atoms. The average molecular weight is 759 g/mol. The van der Waals surface area contributed by atoms with E-state index < -0.39 is 33.7 Å². The summed E-state index contributed by atoms with van der Waals surface area (Å²) in [5.41, 5.74) is 5.22. The zero-order chi connectivity index (χ0) is 38.6. The fourth-order valence-electron chi connectivity index (χ4n) is 4.90. The summed E-state index contributed by atoms with van der Waals surface area (Å²) in [5, 5.41) is 14.8. The van der Waals surface area contributed by atoms with Crippen LogP contribution in [0.2, 0.25) is 0 Å². The van der Waals surface area contributed by atoms with Crippen molar-refractivity contribution in [3.8, 4) is 11.5 Å². The predicted octanol–water partition coefficient (Wildman–Crippen LogP) is 9.39. The van der Waals surface area contributed by atoms with E-state index in [-0.39, 0.29) is 26.4 Å². The van der Waals surface area contributed by atoms with E-state index in [9.17, 15) is 22.6 Å². The molecule has 0 radical (unpaired) electrons. The Morgan fingerprint density at radius 3 is 1.31 bits per heavy atom. The Balaban J connectivity index is 1.13. The summed E-state index contributed by atoms with van der Waals surface area (Å²) < 4.78 is 54.4. The minimum Gasteiger partial charge on any atom is -0.490 e. The van der Waals surface area contributed by atoms with Crippen molar-refractivity contribution in [2.24, 2.45) is 20.5 Å². The summed E-state index contributed by atoms with van der Waals surface area (Å²) in [6, 6.07) is 29.4. The van der Waals surface area contributed by atoms with Gasteiger partial charge < -0.3 is 18.9 Å². The van der Waals surface area contributed by atoms with Crippen LogP contribution >= 0.6 is 0 Å². The van der Waals surface area contributed by atoms with Crippen LogP contribution in [0.25, 0.3) is 0 Å². The first-order chi connectivity index (χ1) is 26.1. The van der Waals surface area contributed by atoms with Gasteiger partial charge in [-0.3, -0.25) is 14.1 Å². The van der Waals surface area contributed by atoms with Crippen LogP contribution in [0, 0.1) is 0 Å². The SMILES string of the molecule is CCCCc1ccc(N=Nc2ccc(OCCOC(=O)CC(C(=O)OCCOc3ccc(N=Nc4ccc(CCCC)cc4)cc3)S(=O)(=O)O)cc2)cc1. The molecule has 14 heteroatoms. The summed E-state index contributed by atoms with van der Waals surface area (Å²) in [4.78, 5) is 24.8. The monoisotopic (exact) mass is 758 g/mol. The Morgan fingerprint density at radius 2 is 0.944 bits per heavy atom. The maximum atomic E-state index is 12.5. The molecule has 4 rings (SSSR count). The molecule has 1 N–H and O–H groups in total. The predicted molar refractivity (Wildman–Crippen MR) is 204 cm³/mol. The Kier molecular flexibility index (Phi) is 16.8. The second-order valence-electron chi connectivity index (χ2n) is 12.2. The molecule has 0 amide bonds. The quantitative estimate of drug-likeness (QED) is 0.0354. The van der Waals surface area contributed by atoms with Crippen molar-refractivity contribution in [3.05, 3.63) is 108 Å². The van der Waals surface area contributed by atoms with Gasteiger partial charge in [-0.15, -0.1) is 0 Å². The summed E-state index contributed by atoms with van der Waals surface area (Å²) >= 11 is 0. The molecule has 0 aliphatic rings. The highest BCUT2D eigenvalue weighted by molar-refractivity contribution is 7.87. The van der Waals surface area contributed by atoms with Gasteiger partial charge >= 0.3 is 11.9 Å². The molecule has 0 aliphatic carbocycles. The van der Waals surface area contributed by atoms with Gasteiger partial charge in [-0.25, -0.2) is 0 Å². The normalized spacial score (nSPS) is 12.1. The highest BCUT2D eigenvalue weighted by Gasteiger charge is 2.35. The van der Waals surface area contributed by atoms with Crippen molar-refractivity contribution in [3.63, 3.8) is 0 Å². The lowest BCUT2D eigenvalue weighted by molar-refractivity contribution is -0.150. The number of carbonyl (C=O) groups is 2. The molecule has 4 aromatic carbocycles. The zero-order valence-electron chi connectivity index (χ0n) is 30.5. The maximum Gasteiger partial charge on any atom is 0.327 e. The van der Waals surface area contributed by atoms with Crippen molar-refractivity contribution in [2.45, 2.75) is 64.0 Å². The van der Waals surface area contributed by atoms with E-state index in [1.807, 2.05) is 48.5 Å². The molecule has 13 nitrogen and oxygen atoms in total. The molecule has 0 saturated heterocycles. The number of benzene rings is 4. The van der Waals surface area contributed by atoms with Crippen molar-refractivity contribution < 1.29 is 41.5 Å². The zero-order valence-corrected chi connectivity index (χ0v) is 31.3. The third-order valence-electron chi connectivity index (χ3n) is 7.93. The molecule has 0 aliphatic heterocycles. The van der Waals surface area contributed by atoms with Gasteiger partial charge in [0.05, 0.1) is 29.2 Å². The van der Waals surface area contributed by atoms with Crippen molar-refractivity contribution in [1.29, 1.82) is 0 Å². The summed E-state index contributed by atoms with van der Waals surface area (Å²) in [6.07, 6.45) is 5.69. The first-order valence-electron chi connectivity index (χ1n) is 17.9. The molecular formula is C40H46N4O9S. The largest absolute Gasteiger partial charge is 0.490 e. The lowest BCUT2D eigenvalue weighted by Gasteiger charge is -2.14. The number of hydrogen-bond acceptors (Lipinski definition) is 12. The Morgan fingerprint density at radius 1 is 0.574 bits per heavy atom. The maximum absolute atomic E-state index is 12.5. The van der Waals surface area contributed by atoms with Crippen LogP contribution < -0.4 is 9.47 Å². The molecule has 0 heterocycles. The standard InChI is InChI=1S/C40H46N4O9S/c1-3-5-7-30-9-13-32(14-10-30)41-43-34-17-21-36(22-18-34)50-25-27-52-39(45)29-38(54(47,48)49)40(46)53-28-26-51-37-23-19-35(20-24-37)44-42-33-15-11-31(12-16-33)8-6-4-2/h9-24,38H,3-8,25-29H2,1-2H3,(H,47,48,49). The lowest BCUT2D eigenvalue weighted by atomic mass is 10.1. The van der Waals surface area contributed by atoms with Crippen LogP contribution in [0.4, 0.5) is 22.7 Å². The van der Waals surface area contributed by atoms with E-state index in [4.69, 9.17) is 18.9 Å². The Hall–Kier alpha value is -5.47. The van der Waals surface area contributed by atoms with Gasteiger partial charge in [-0.05, 0) is 110 Å². The molecule has 0 saturated carbocycles. The number of nitrogens with zero attached hydrogens (tertiary/aromatic N) is 4. The van der Waals surface area contributed by atoms with Gasteiger partial charge in [0.15, 0.2) is 5.25 Å². The summed E-state index contributed by atoms with van der Waals surface area (Å²) in [6.45, 7) is 3.58. The van der Waals surface area contributed by atoms with E-state index in [1.165, 1.54) is 11.1 Å². The molecule has 4 aromatic rings. The average Bonchev–Trinajstić information content (AvgIpc) is 3.18. The molecule has 1 atom stereocenters. The molecule has 0 spiro atoms. The van der Waals surface area contributed by atoms with E-state index in [0.29, 0.717) is 22.9 Å². The van der Waals surface area contributed by atoms with E-state index in [0.717, 1.165) is 49.9 Å². The third-order valence-corrected chi connectivity index (χ3v) is 9.01. The highest BCUT2D eigenvalue weighted by Crippen LogP contribution is 2.24. The van der Waals surface area contributed by atoms with Gasteiger partial charge in [0.1, 0.15) is 37.9 Å². The van der Waals surface area contributed by atoms with Crippen LogP contribution in [-0.2, 0) is 42.0 Å². The van der Waals surface area contributed by atoms with Crippen LogP contribution in [-0.4, -0.2) is 56.6 Å². The molecule has 0 aromatic heterocycles. The van der Waals surface area contributed by atoms with Crippen molar-refractivity contribution in [1.82, 2.24) is 0 Å². The molecular weight excluding hydrogens is 713 g/mol. The van der Waals surface area contributed by atoms with Gasteiger partial charge in [-0.2, -0.15) is 28.9 Å². The first kappa shape index (κ1) is 41.3. The number of rotatable bonds is 22. The van der Waals surface area contributed by atoms with E-state index in [1.54, 1.807) is 48.5 Å². The van der Waals surface area contributed by atoms with E-state index >= 15 is 0 Å². The number of ether oxygens (including phenoxy) is 4. The third kappa shape index (κ3) is 14.9. The van der Waals surface area contributed by atoms with Gasteiger partial charge in [0.2, 0.25) is 0 Å². The van der Waals surface area contributed by atoms with Gasteiger partial charge in [0, 0.05) is 0 Å². The second-order valence-corrected chi connectivity index (χ2v) is 13.8. The topological polar surface area (TPSA) is 175 Å². The number of carbonyl (C=O) groups excluding carboxylic acids is 2. The second kappa shape index (κ2) is 21.9. The van der Waals surface area contributed by atoms with Crippen LogP contribution in [0.1, 0.15) is 57.1 Å². The number of aryl methyl sites for hydroxylation is 2. The minimum atomic E-state index is -4.97. The Labute approximate surface area is 316 Å². The smallest absolute Gasteiger partial charge is 0.327 e. The fraction of sp³-hybridized carbons (Fsp3) is 0.350. The molecule has 0 bridgehead atoms. The number of azo groups is 2. The summed E-state index contributed by atoms with van der Waals surface area (Å²) in [7, 11) is -4.97. The van der Waals surface area contributed by atoms with Gasteiger partial charge in [0.25, 0.3) is 10.1 Å². The van der Waals surface area contributed by atoms with Gasteiger partial charge in [-0.1, -0.05) is 51.0 Å². The summed E-state index contributed by atoms with van der Waals surface area (Å²) in [5.74, 6) is -1.43. The number of hydrogen-bond donors (Lipinski definition) is 1. The number of esters is 2. The van der Waals surface area contributed by atoms with E-state index in [2.05, 4.69) is 34.3 Å². The fourth-order valence-corrected chi connectivity index (χ4v) is 5.56.